The first kappa shape index (κ1) is 26.4. The normalized spacial score (nSPS) is 12.4. The molecule has 0 bridgehead atoms. The van der Waals surface area contributed by atoms with E-state index < -0.39 is 6.04 Å². The number of amides is 2. The second-order valence-electron chi connectivity index (χ2n) is 10.1. The lowest BCUT2D eigenvalue weighted by Gasteiger charge is -2.31. The van der Waals surface area contributed by atoms with Crippen molar-refractivity contribution in [2.45, 2.75) is 72.9 Å². The zero-order valence-electron chi connectivity index (χ0n) is 21.3. The Kier molecular flexibility index (Phi) is 9.51. The summed E-state index contributed by atoms with van der Waals surface area (Å²) in [5, 5.41) is 2.99. The molecule has 0 saturated heterocycles. The van der Waals surface area contributed by atoms with Crippen molar-refractivity contribution in [3.8, 4) is 5.75 Å². The maximum absolute atomic E-state index is 13.3. The highest BCUT2D eigenvalue weighted by molar-refractivity contribution is 5.88. The number of carbonyl (C=O) groups excluding carboxylic acids is 2. The second-order valence-corrected chi connectivity index (χ2v) is 10.1. The van der Waals surface area contributed by atoms with E-state index in [0.717, 1.165) is 11.1 Å². The zero-order valence-corrected chi connectivity index (χ0v) is 21.3. The van der Waals surface area contributed by atoms with E-state index in [1.165, 1.54) is 5.56 Å². The van der Waals surface area contributed by atoms with Gasteiger partial charge in [0.05, 0.1) is 0 Å². The fraction of sp³-hybridized carbons (Fsp3) is 0.500. The van der Waals surface area contributed by atoms with Crippen LogP contribution in [0.25, 0.3) is 0 Å². The third-order valence-corrected chi connectivity index (χ3v) is 5.59. The van der Waals surface area contributed by atoms with Gasteiger partial charge in [-0.3, -0.25) is 9.59 Å². The number of aryl methyl sites for hydroxylation is 1. The summed E-state index contributed by atoms with van der Waals surface area (Å²) in [6.07, 6.45) is 0.530. The smallest absolute Gasteiger partial charge is 0.261 e. The minimum atomic E-state index is -0.552. The Morgan fingerprint density at radius 2 is 1.73 bits per heavy atom. The molecule has 0 radical (unpaired) electrons. The van der Waals surface area contributed by atoms with Gasteiger partial charge in [0.25, 0.3) is 5.91 Å². The lowest BCUT2D eigenvalue weighted by molar-refractivity contribution is -0.143. The topological polar surface area (TPSA) is 58.6 Å². The summed E-state index contributed by atoms with van der Waals surface area (Å²) in [4.78, 5) is 27.9. The molecule has 0 saturated carbocycles. The predicted octanol–water partition coefficient (Wildman–Crippen LogP) is 5.25. The van der Waals surface area contributed by atoms with Crippen molar-refractivity contribution in [1.82, 2.24) is 10.2 Å². The average molecular weight is 453 g/mol. The van der Waals surface area contributed by atoms with Crippen molar-refractivity contribution in [3.05, 3.63) is 65.2 Å². The van der Waals surface area contributed by atoms with Crippen LogP contribution in [0, 0.1) is 12.8 Å². The lowest BCUT2D eigenvalue weighted by Crippen LogP contribution is -2.50. The van der Waals surface area contributed by atoms with Crippen LogP contribution in [0.2, 0.25) is 0 Å². The molecule has 0 heterocycles. The van der Waals surface area contributed by atoms with Gasteiger partial charge in [0.15, 0.2) is 6.61 Å². The second kappa shape index (κ2) is 11.9. The summed E-state index contributed by atoms with van der Waals surface area (Å²) in [5.41, 5.74) is 3.37. The van der Waals surface area contributed by atoms with E-state index in [2.05, 4.69) is 39.9 Å². The largest absolute Gasteiger partial charge is 0.484 e. The van der Waals surface area contributed by atoms with E-state index in [-0.39, 0.29) is 23.8 Å². The Morgan fingerprint density at radius 3 is 2.27 bits per heavy atom. The summed E-state index contributed by atoms with van der Waals surface area (Å²) < 4.78 is 5.83. The van der Waals surface area contributed by atoms with Crippen LogP contribution in [0.15, 0.2) is 48.5 Å². The third kappa shape index (κ3) is 8.23. The molecule has 2 aromatic rings. The summed E-state index contributed by atoms with van der Waals surface area (Å²) in [5.74, 6) is 0.653. The van der Waals surface area contributed by atoms with E-state index in [9.17, 15) is 9.59 Å². The van der Waals surface area contributed by atoms with Crippen LogP contribution in [0.4, 0.5) is 0 Å². The zero-order chi connectivity index (χ0) is 24.6. The molecule has 1 N–H and O–H groups in total. The van der Waals surface area contributed by atoms with Gasteiger partial charge in [0, 0.05) is 13.1 Å². The maximum Gasteiger partial charge on any atom is 0.261 e. The molecule has 180 valence electrons. The standard InChI is InChI=1S/C28H40N2O3/c1-8-25(27(32)29-17-20(2)3)30(18-22-11-9-10-21(4)16-22)26(31)19-33-24-14-12-23(13-15-24)28(5,6)7/h9-16,20,25H,8,17-19H2,1-7H3,(H,29,32). The Balaban J connectivity index is 2.18. The van der Waals surface area contributed by atoms with E-state index in [1.807, 2.05) is 62.4 Å². The number of hydrogen-bond acceptors (Lipinski definition) is 3. The number of rotatable bonds is 10. The van der Waals surface area contributed by atoms with Crippen molar-refractivity contribution in [2.75, 3.05) is 13.2 Å². The van der Waals surface area contributed by atoms with E-state index in [0.29, 0.717) is 31.2 Å². The van der Waals surface area contributed by atoms with Crippen LogP contribution < -0.4 is 10.1 Å². The quantitative estimate of drug-likeness (QED) is 0.536. The van der Waals surface area contributed by atoms with Gasteiger partial charge in [0.1, 0.15) is 11.8 Å². The molecule has 1 atom stereocenters. The first-order valence-corrected chi connectivity index (χ1v) is 11.9. The molecule has 0 aromatic heterocycles. The number of carbonyl (C=O) groups is 2. The SMILES string of the molecule is CCC(C(=O)NCC(C)C)N(Cc1cccc(C)c1)C(=O)COc1ccc(C(C)(C)C)cc1. The number of hydrogen-bond donors (Lipinski definition) is 1. The minimum Gasteiger partial charge on any atom is -0.484 e. The molecule has 1 unspecified atom stereocenters. The predicted molar refractivity (Wildman–Crippen MR) is 134 cm³/mol. The number of benzene rings is 2. The average Bonchev–Trinajstić information content (AvgIpc) is 2.75. The van der Waals surface area contributed by atoms with Crippen molar-refractivity contribution in [1.29, 1.82) is 0 Å². The van der Waals surface area contributed by atoms with Crippen LogP contribution in [0.5, 0.6) is 5.75 Å². The summed E-state index contributed by atoms with van der Waals surface area (Å²) in [6, 6.07) is 15.3. The van der Waals surface area contributed by atoms with Gasteiger partial charge < -0.3 is 15.0 Å². The minimum absolute atomic E-state index is 0.0522. The molecule has 0 spiro atoms. The van der Waals surface area contributed by atoms with Crippen LogP contribution in [0.1, 0.15) is 64.7 Å². The molecular formula is C28H40N2O3. The highest BCUT2D eigenvalue weighted by Gasteiger charge is 2.29. The van der Waals surface area contributed by atoms with Gasteiger partial charge in [-0.05, 0) is 47.9 Å². The maximum atomic E-state index is 13.3. The molecule has 2 amide bonds. The molecule has 5 nitrogen and oxygen atoms in total. The first-order valence-electron chi connectivity index (χ1n) is 11.9. The van der Waals surface area contributed by atoms with Crippen molar-refractivity contribution < 1.29 is 14.3 Å². The highest BCUT2D eigenvalue weighted by atomic mass is 16.5. The molecule has 0 aliphatic carbocycles. The van der Waals surface area contributed by atoms with Crippen molar-refractivity contribution in [2.24, 2.45) is 5.92 Å². The van der Waals surface area contributed by atoms with E-state index in [4.69, 9.17) is 4.74 Å². The number of nitrogens with zero attached hydrogens (tertiary/aromatic N) is 1. The monoisotopic (exact) mass is 452 g/mol. The molecule has 2 rings (SSSR count). The van der Waals surface area contributed by atoms with Gasteiger partial charge in [0.2, 0.25) is 5.91 Å². The van der Waals surface area contributed by atoms with Crippen LogP contribution in [-0.2, 0) is 21.5 Å². The fourth-order valence-corrected chi connectivity index (χ4v) is 3.63. The Morgan fingerprint density at radius 1 is 1.06 bits per heavy atom. The van der Waals surface area contributed by atoms with Crippen LogP contribution in [0.3, 0.4) is 0 Å². The molecule has 0 fully saturated rings. The van der Waals surface area contributed by atoms with Crippen LogP contribution in [-0.4, -0.2) is 35.9 Å². The van der Waals surface area contributed by atoms with Crippen LogP contribution >= 0.6 is 0 Å². The molecule has 5 heteroatoms. The summed E-state index contributed by atoms with van der Waals surface area (Å²) in [6.45, 7) is 15.4. The lowest BCUT2D eigenvalue weighted by atomic mass is 9.87. The Bertz CT molecular complexity index is 913. The van der Waals surface area contributed by atoms with E-state index in [1.54, 1.807) is 4.90 Å². The Hall–Kier alpha value is -2.82. The number of ether oxygens (including phenoxy) is 1. The van der Waals surface area contributed by atoms with Gasteiger partial charge in [-0.15, -0.1) is 0 Å². The Labute approximate surface area is 199 Å². The van der Waals surface area contributed by atoms with Crippen molar-refractivity contribution >= 4 is 11.8 Å². The fourth-order valence-electron chi connectivity index (χ4n) is 3.63. The molecule has 33 heavy (non-hydrogen) atoms. The van der Waals surface area contributed by atoms with Gasteiger partial charge in [-0.25, -0.2) is 0 Å². The third-order valence-electron chi connectivity index (χ3n) is 5.59. The van der Waals surface area contributed by atoms with Gasteiger partial charge in [-0.1, -0.05) is 83.5 Å². The molecule has 0 aliphatic heterocycles. The summed E-state index contributed by atoms with van der Waals surface area (Å²) >= 11 is 0. The summed E-state index contributed by atoms with van der Waals surface area (Å²) in [7, 11) is 0. The van der Waals surface area contributed by atoms with E-state index >= 15 is 0 Å². The molecule has 0 aliphatic rings. The van der Waals surface area contributed by atoms with Gasteiger partial charge in [-0.2, -0.15) is 0 Å². The highest BCUT2D eigenvalue weighted by Crippen LogP contribution is 2.24. The van der Waals surface area contributed by atoms with Crippen molar-refractivity contribution in [3.63, 3.8) is 0 Å². The first-order chi connectivity index (χ1) is 15.5. The molecular weight excluding hydrogens is 412 g/mol. The molecule has 2 aromatic carbocycles. The number of nitrogens with one attached hydrogen (secondary N) is 1. The van der Waals surface area contributed by atoms with Gasteiger partial charge >= 0.3 is 0 Å².